The van der Waals surface area contributed by atoms with E-state index in [1.54, 1.807) is 12.1 Å². The highest BCUT2D eigenvalue weighted by Gasteiger charge is 2.37. The first kappa shape index (κ1) is 19.2. The number of likely N-dealkylation sites (N-methyl/N-ethyl adjacent to an activating group) is 1. The van der Waals surface area contributed by atoms with Gasteiger partial charge in [0, 0.05) is 26.2 Å². The van der Waals surface area contributed by atoms with Crippen LogP contribution in [-0.4, -0.2) is 73.8 Å². The van der Waals surface area contributed by atoms with E-state index in [4.69, 9.17) is 0 Å². The second-order valence-corrected chi connectivity index (χ2v) is 9.32. The maximum absolute atomic E-state index is 13.2. The Morgan fingerprint density at radius 3 is 2.27 bits per heavy atom. The number of hydrogen-bond acceptors (Lipinski definition) is 5. The van der Waals surface area contributed by atoms with Crippen LogP contribution in [0.4, 0.5) is 0 Å². The number of piperazine rings is 1. The number of nitrogens with zero attached hydrogens (tertiary/aromatic N) is 4. The standard InChI is InChI=1S/C19H30N4O2S/c1-5-21-10-12-22(13-11-21)19-20-16(4)14-23(19)26(24,25)18-8-6-17(7-9-18)15(2)3/h6-9,15-16H,5,10-14H2,1-4H3/t16-/m1/s1. The predicted molar refractivity (Wildman–Crippen MR) is 105 cm³/mol. The lowest BCUT2D eigenvalue weighted by Crippen LogP contribution is -2.53. The summed E-state index contributed by atoms with van der Waals surface area (Å²) in [7, 11) is -3.58. The lowest BCUT2D eigenvalue weighted by Gasteiger charge is -2.37. The molecule has 1 atom stereocenters. The summed E-state index contributed by atoms with van der Waals surface area (Å²) in [6, 6.07) is 7.25. The highest BCUT2D eigenvalue weighted by atomic mass is 32.2. The first-order chi connectivity index (χ1) is 12.3. The summed E-state index contributed by atoms with van der Waals surface area (Å²) < 4.78 is 28.0. The molecule has 0 amide bonds. The summed E-state index contributed by atoms with van der Waals surface area (Å²) in [4.78, 5) is 9.49. The molecule has 0 unspecified atom stereocenters. The van der Waals surface area contributed by atoms with Crippen LogP contribution in [0, 0.1) is 0 Å². The monoisotopic (exact) mass is 378 g/mol. The van der Waals surface area contributed by atoms with Crippen LogP contribution >= 0.6 is 0 Å². The second-order valence-electron chi connectivity index (χ2n) is 7.46. The number of hydrogen-bond donors (Lipinski definition) is 0. The lowest BCUT2D eigenvalue weighted by molar-refractivity contribution is 0.184. The van der Waals surface area contributed by atoms with Gasteiger partial charge in [0.15, 0.2) is 0 Å². The van der Waals surface area contributed by atoms with E-state index in [2.05, 4.69) is 35.6 Å². The smallest absolute Gasteiger partial charge is 0.266 e. The van der Waals surface area contributed by atoms with Crippen molar-refractivity contribution in [1.29, 1.82) is 0 Å². The number of rotatable bonds is 4. The molecule has 26 heavy (non-hydrogen) atoms. The molecule has 0 saturated carbocycles. The average Bonchev–Trinajstić information content (AvgIpc) is 3.04. The molecule has 0 spiro atoms. The van der Waals surface area contributed by atoms with Gasteiger partial charge in [-0.3, -0.25) is 0 Å². The summed E-state index contributed by atoms with van der Waals surface area (Å²) >= 11 is 0. The normalized spacial score (nSPS) is 22.2. The molecule has 0 N–H and O–H groups in total. The largest absolute Gasteiger partial charge is 0.339 e. The molecule has 0 aliphatic carbocycles. The molecule has 1 saturated heterocycles. The van der Waals surface area contributed by atoms with Crippen molar-refractivity contribution in [1.82, 2.24) is 14.1 Å². The number of guanidine groups is 1. The predicted octanol–water partition coefficient (Wildman–Crippen LogP) is 2.20. The van der Waals surface area contributed by atoms with Crippen LogP contribution in [0.3, 0.4) is 0 Å². The third-order valence-corrected chi connectivity index (χ3v) is 6.99. The summed E-state index contributed by atoms with van der Waals surface area (Å²) in [5, 5.41) is 0. The molecule has 0 radical (unpaired) electrons. The van der Waals surface area contributed by atoms with E-state index in [0.29, 0.717) is 23.3 Å². The molecular weight excluding hydrogens is 348 g/mol. The number of benzene rings is 1. The minimum atomic E-state index is -3.58. The molecule has 2 aliphatic heterocycles. The summed E-state index contributed by atoms with van der Waals surface area (Å²) in [5.41, 5.74) is 1.14. The van der Waals surface area contributed by atoms with Crippen molar-refractivity contribution in [3.8, 4) is 0 Å². The van der Waals surface area contributed by atoms with E-state index < -0.39 is 10.0 Å². The lowest BCUT2D eigenvalue weighted by atomic mass is 10.0. The average molecular weight is 379 g/mol. The van der Waals surface area contributed by atoms with Gasteiger partial charge in [-0.1, -0.05) is 32.9 Å². The molecule has 1 fully saturated rings. The first-order valence-corrected chi connectivity index (χ1v) is 10.9. The molecule has 7 heteroatoms. The Bertz CT molecular complexity index is 750. The van der Waals surface area contributed by atoms with Crippen molar-refractivity contribution >= 4 is 16.0 Å². The molecule has 2 aliphatic rings. The van der Waals surface area contributed by atoms with Crippen molar-refractivity contribution < 1.29 is 8.42 Å². The third kappa shape index (κ3) is 3.74. The SMILES string of the molecule is CCN1CCN(C2=N[C@H](C)CN2S(=O)(=O)c2ccc(C(C)C)cc2)CC1. The molecule has 0 aromatic heterocycles. The first-order valence-electron chi connectivity index (χ1n) is 9.50. The molecule has 1 aromatic rings. The quantitative estimate of drug-likeness (QED) is 0.806. The van der Waals surface area contributed by atoms with Crippen molar-refractivity contribution in [2.45, 2.75) is 44.6 Å². The maximum atomic E-state index is 13.2. The van der Waals surface area contributed by atoms with Gasteiger partial charge in [-0.25, -0.2) is 17.7 Å². The van der Waals surface area contributed by atoms with Gasteiger partial charge in [-0.15, -0.1) is 0 Å². The molecule has 144 valence electrons. The van der Waals surface area contributed by atoms with E-state index in [9.17, 15) is 8.42 Å². The Hall–Kier alpha value is -1.60. The van der Waals surface area contributed by atoms with Gasteiger partial charge in [0.1, 0.15) is 0 Å². The Balaban J connectivity index is 1.83. The van der Waals surface area contributed by atoms with Gasteiger partial charge in [0.25, 0.3) is 10.0 Å². The Labute approximate surface area is 157 Å². The van der Waals surface area contributed by atoms with E-state index in [-0.39, 0.29) is 6.04 Å². The van der Waals surface area contributed by atoms with Gasteiger partial charge in [0.2, 0.25) is 5.96 Å². The van der Waals surface area contributed by atoms with Crippen molar-refractivity contribution in [2.75, 3.05) is 39.3 Å². The van der Waals surface area contributed by atoms with Crippen LogP contribution < -0.4 is 0 Å². The van der Waals surface area contributed by atoms with E-state index in [1.165, 1.54) is 4.31 Å². The fraction of sp³-hybridized carbons (Fsp3) is 0.632. The maximum Gasteiger partial charge on any atom is 0.266 e. The van der Waals surface area contributed by atoms with E-state index >= 15 is 0 Å². The highest BCUT2D eigenvalue weighted by molar-refractivity contribution is 7.89. The van der Waals surface area contributed by atoms with Gasteiger partial charge < -0.3 is 9.80 Å². The van der Waals surface area contributed by atoms with Crippen LogP contribution in [0.2, 0.25) is 0 Å². The Morgan fingerprint density at radius 1 is 1.12 bits per heavy atom. The molecule has 6 nitrogen and oxygen atoms in total. The van der Waals surface area contributed by atoms with Gasteiger partial charge in [0.05, 0.1) is 17.5 Å². The van der Waals surface area contributed by atoms with Crippen molar-refractivity contribution in [3.05, 3.63) is 29.8 Å². The third-order valence-electron chi connectivity index (χ3n) is 5.23. The van der Waals surface area contributed by atoms with Crippen LogP contribution in [-0.2, 0) is 10.0 Å². The van der Waals surface area contributed by atoms with Gasteiger partial charge in [-0.05, 0) is 37.1 Å². The summed E-state index contributed by atoms with van der Waals surface area (Å²) in [6.45, 7) is 13.3. The van der Waals surface area contributed by atoms with Crippen LogP contribution in [0.1, 0.15) is 39.2 Å². The highest BCUT2D eigenvalue weighted by Crippen LogP contribution is 2.25. The molecule has 2 heterocycles. The zero-order valence-corrected chi connectivity index (χ0v) is 17.0. The van der Waals surface area contributed by atoms with Crippen molar-refractivity contribution in [2.24, 2.45) is 4.99 Å². The number of sulfonamides is 1. The zero-order chi connectivity index (χ0) is 18.9. The fourth-order valence-corrected chi connectivity index (χ4v) is 5.01. The minimum Gasteiger partial charge on any atom is -0.339 e. The fourth-order valence-electron chi connectivity index (χ4n) is 3.49. The molecule has 1 aromatic carbocycles. The van der Waals surface area contributed by atoms with Gasteiger partial charge in [-0.2, -0.15) is 0 Å². The molecule has 3 rings (SSSR count). The molecule has 0 bridgehead atoms. The topological polar surface area (TPSA) is 56.2 Å². The Morgan fingerprint density at radius 2 is 1.73 bits per heavy atom. The Kier molecular flexibility index (Phi) is 5.58. The second kappa shape index (κ2) is 7.56. The zero-order valence-electron chi connectivity index (χ0n) is 16.2. The summed E-state index contributed by atoms with van der Waals surface area (Å²) in [5.74, 6) is 0.992. The van der Waals surface area contributed by atoms with Crippen LogP contribution in [0.25, 0.3) is 0 Å². The van der Waals surface area contributed by atoms with Crippen molar-refractivity contribution in [3.63, 3.8) is 0 Å². The van der Waals surface area contributed by atoms with E-state index in [0.717, 1.165) is 38.3 Å². The number of aliphatic imine (C=N–C) groups is 1. The van der Waals surface area contributed by atoms with Crippen LogP contribution in [0.15, 0.2) is 34.2 Å². The van der Waals surface area contributed by atoms with Crippen LogP contribution in [0.5, 0.6) is 0 Å². The van der Waals surface area contributed by atoms with Gasteiger partial charge >= 0.3 is 0 Å². The minimum absolute atomic E-state index is 0.0149. The summed E-state index contributed by atoms with van der Waals surface area (Å²) in [6.07, 6.45) is 0. The molecular formula is C19H30N4O2S. The van der Waals surface area contributed by atoms with E-state index in [1.807, 2.05) is 19.1 Å².